The molecule has 0 aliphatic carbocycles. The van der Waals surface area contributed by atoms with E-state index in [1.165, 1.54) is 0 Å². The summed E-state index contributed by atoms with van der Waals surface area (Å²) in [6.45, 7) is 0.296. The number of fused-ring (bicyclic) bond motifs is 2. The van der Waals surface area contributed by atoms with Crippen molar-refractivity contribution in [3.8, 4) is 17.0 Å². The zero-order chi connectivity index (χ0) is 30.0. The first-order valence-electron chi connectivity index (χ1n) is 14.1. The van der Waals surface area contributed by atoms with Gasteiger partial charge in [0.15, 0.2) is 5.69 Å². The lowest BCUT2D eigenvalue weighted by Gasteiger charge is -2.26. The number of benzene rings is 5. The number of nitrogens with one attached hydrogen (secondary N) is 1. The second-order valence-electron chi connectivity index (χ2n) is 10.3. The highest BCUT2D eigenvalue weighted by Gasteiger charge is 2.22. The third kappa shape index (κ3) is 4.99. The molecule has 5 aromatic carbocycles. The molecule has 0 atom stereocenters. The monoisotopic (exact) mass is 595 g/mol. The standard InChI is InChI=1S/C36H26ClN5O2/c37-25-20-21-30-29(22-25)32(24-12-4-1-5-13-24)34(38-30)35(43)40-39-33-28-18-10-11-19-31(28)42(36(33)44)23-41(26-14-6-2-7-15-26)27-16-8-3-9-17-27/h1-22,38,44H,23H2. The molecule has 0 bridgehead atoms. The first-order valence-corrected chi connectivity index (χ1v) is 14.5. The second-order valence-corrected chi connectivity index (χ2v) is 10.7. The number of H-pyrrole nitrogens is 1. The van der Waals surface area contributed by atoms with Crippen molar-refractivity contribution in [3.05, 3.63) is 144 Å². The quantitative estimate of drug-likeness (QED) is 0.180. The van der Waals surface area contributed by atoms with Crippen molar-refractivity contribution in [3.63, 3.8) is 0 Å². The van der Waals surface area contributed by atoms with E-state index in [9.17, 15) is 9.90 Å². The predicted molar refractivity (Wildman–Crippen MR) is 176 cm³/mol. The lowest BCUT2D eigenvalue weighted by atomic mass is 10.0. The Balaban J connectivity index is 1.30. The van der Waals surface area contributed by atoms with E-state index in [2.05, 4.69) is 20.1 Å². The van der Waals surface area contributed by atoms with Crippen LogP contribution in [0, 0.1) is 0 Å². The minimum atomic E-state index is -0.567. The van der Waals surface area contributed by atoms with Crippen molar-refractivity contribution in [1.29, 1.82) is 0 Å². The molecule has 44 heavy (non-hydrogen) atoms. The van der Waals surface area contributed by atoms with Gasteiger partial charge in [-0.2, -0.15) is 0 Å². The molecule has 7 nitrogen and oxygen atoms in total. The topological polar surface area (TPSA) is 86.0 Å². The number of halogens is 1. The number of hydrogen-bond donors (Lipinski definition) is 2. The van der Waals surface area contributed by atoms with Gasteiger partial charge in [0.1, 0.15) is 12.4 Å². The Morgan fingerprint density at radius 3 is 2.07 bits per heavy atom. The van der Waals surface area contributed by atoms with E-state index in [4.69, 9.17) is 11.6 Å². The molecular formula is C36H26ClN5O2. The molecule has 7 rings (SSSR count). The normalized spacial score (nSPS) is 11.5. The molecule has 0 fully saturated rings. The van der Waals surface area contributed by atoms with Gasteiger partial charge in [0.2, 0.25) is 5.88 Å². The smallest absolute Gasteiger partial charge is 0.312 e. The van der Waals surface area contributed by atoms with Crippen molar-refractivity contribution < 1.29 is 9.90 Å². The SMILES string of the molecule is O=C(N=Nc1c(O)n(CN(c2ccccc2)c2ccccc2)c2ccccc12)c1[nH]c2ccc(Cl)cc2c1-c1ccccc1. The fraction of sp³-hybridized carbons (Fsp3) is 0.0278. The van der Waals surface area contributed by atoms with Crippen LogP contribution in [-0.4, -0.2) is 20.6 Å². The number of aromatic amines is 1. The zero-order valence-electron chi connectivity index (χ0n) is 23.4. The number of nitrogens with zero attached hydrogens (tertiary/aromatic N) is 4. The molecular weight excluding hydrogens is 570 g/mol. The van der Waals surface area contributed by atoms with Crippen molar-refractivity contribution in [1.82, 2.24) is 9.55 Å². The average molecular weight is 596 g/mol. The van der Waals surface area contributed by atoms with E-state index in [1.54, 1.807) is 10.6 Å². The number of rotatable bonds is 7. The summed E-state index contributed by atoms with van der Waals surface area (Å²) in [6.07, 6.45) is 0. The van der Waals surface area contributed by atoms with E-state index in [-0.39, 0.29) is 11.6 Å². The largest absolute Gasteiger partial charge is 0.493 e. The summed E-state index contributed by atoms with van der Waals surface area (Å²) < 4.78 is 1.77. The van der Waals surface area contributed by atoms with Gasteiger partial charge in [0.05, 0.1) is 5.52 Å². The van der Waals surface area contributed by atoms with Crippen LogP contribution in [0.1, 0.15) is 10.5 Å². The molecule has 0 saturated carbocycles. The van der Waals surface area contributed by atoms with E-state index in [1.807, 2.05) is 127 Å². The van der Waals surface area contributed by atoms with Gasteiger partial charge in [-0.3, -0.25) is 9.36 Å². The van der Waals surface area contributed by atoms with Crippen LogP contribution in [0.15, 0.2) is 144 Å². The van der Waals surface area contributed by atoms with Gasteiger partial charge in [-0.25, -0.2) is 0 Å². The molecule has 0 aliphatic heterocycles. The summed E-state index contributed by atoms with van der Waals surface area (Å²) in [5.41, 5.74) is 5.49. The van der Waals surface area contributed by atoms with Gasteiger partial charge in [0.25, 0.3) is 0 Å². The third-order valence-corrected chi connectivity index (χ3v) is 7.85. The van der Waals surface area contributed by atoms with E-state index >= 15 is 0 Å². The summed E-state index contributed by atoms with van der Waals surface area (Å²) in [7, 11) is 0. The maximum Gasteiger partial charge on any atom is 0.312 e. The van der Waals surface area contributed by atoms with Gasteiger partial charge < -0.3 is 15.0 Å². The second kappa shape index (κ2) is 11.6. The highest BCUT2D eigenvalue weighted by molar-refractivity contribution is 6.31. The molecule has 7 aromatic rings. The third-order valence-electron chi connectivity index (χ3n) is 7.61. The lowest BCUT2D eigenvalue weighted by molar-refractivity contribution is 0.0991. The highest BCUT2D eigenvalue weighted by atomic mass is 35.5. The molecule has 0 aliphatic rings. The summed E-state index contributed by atoms with van der Waals surface area (Å²) >= 11 is 6.32. The number of aromatic hydroxyl groups is 1. The lowest BCUT2D eigenvalue weighted by Crippen LogP contribution is -2.20. The first kappa shape index (κ1) is 27.2. The Morgan fingerprint density at radius 2 is 1.39 bits per heavy atom. The summed E-state index contributed by atoms with van der Waals surface area (Å²) in [6, 6.07) is 42.5. The van der Waals surface area contributed by atoms with Crippen molar-refractivity contribution in [2.75, 3.05) is 4.90 Å². The fourth-order valence-corrected chi connectivity index (χ4v) is 5.73. The molecule has 2 heterocycles. The Kier molecular flexibility index (Phi) is 7.14. The van der Waals surface area contributed by atoms with Crippen LogP contribution in [0.3, 0.4) is 0 Å². The van der Waals surface area contributed by atoms with Crippen LogP contribution < -0.4 is 4.90 Å². The Labute approximate surface area is 258 Å². The van der Waals surface area contributed by atoms with Crippen LogP contribution in [0.4, 0.5) is 17.1 Å². The van der Waals surface area contributed by atoms with Gasteiger partial charge in [0, 0.05) is 38.3 Å². The van der Waals surface area contributed by atoms with Gasteiger partial charge in [-0.1, -0.05) is 96.5 Å². The van der Waals surface area contributed by atoms with Crippen LogP contribution >= 0.6 is 11.6 Å². The number of carbonyl (C=O) groups is 1. The van der Waals surface area contributed by atoms with E-state index < -0.39 is 5.91 Å². The minimum absolute atomic E-state index is 0.0914. The molecule has 0 radical (unpaired) electrons. The number of amides is 1. The van der Waals surface area contributed by atoms with Crippen molar-refractivity contribution >= 4 is 56.4 Å². The summed E-state index contributed by atoms with van der Waals surface area (Å²) in [5, 5.41) is 22.1. The van der Waals surface area contributed by atoms with E-state index in [0.717, 1.165) is 33.4 Å². The molecule has 0 spiro atoms. The molecule has 0 unspecified atom stereocenters. The maximum absolute atomic E-state index is 13.6. The minimum Gasteiger partial charge on any atom is -0.493 e. The van der Waals surface area contributed by atoms with Gasteiger partial charge in [-0.05, 0) is 54.1 Å². The molecule has 2 aromatic heterocycles. The fourth-order valence-electron chi connectivity index (χ4n) is 5.56. The Morgan fingerprint density at radius 1 is 0.773 bits per heavy atom. The molecule has 214 valence electrons. The number of aromatic nitrogens is 2. The number of anilines is 2. The number of carbonyl (C=O) groups excluding carboxylic acids is 1. The number of hydrogen-bond acceptors (Lipinski definition) is 4. The average Bonchev–Trinajstić information content (AvgIpc) is 3.58. The molecule has 8 heteroatoms. The van der Waals surface area contributed by atoms with Crippen molar-refractivity contribution in [2.24, 2.45) is 10.2 Å². The number of para-hydroxylation sites is 3. The van der Waals surface area contributed by atoms with Crippen LogP contribution in [0.5, 0.6) is 5.88 Å². The molecule has 2 N–H and O–H groups in total. The Hall–Kier alpha value is -5.66. The summed E-state index contributed by atoms with van der Waals surface area (Å²) in [4.78, 5) is 19.0. The zero-order valence-corrected chi connectivity index (χ0v) is 24.2. The van der Waals surface area contributed by atoms with Gasteiger partial charge in [-0.15, -0.1) is 10.2 Å². The first-order chi connectivity index (χ1) is 21.6. The number of azo groups is 1. The molecule has 0 saturated heterocycles. The van der Waals surface area contributed by atoms with E-state index in [0.29, 0.717) is 28.3 Å². The van der Waals surface area contributed by atoms with Crippen LogP contribution in [0.25, 0.3) is 32.9 Å². The van der Waals surface area contributed by atoms with Crippen molar-refractivity contribution in [2.45, 2.75) is 6.67 Å². The maximum atomic E-state index is 13.6. The molecule has 1 amide bonds. The Bertz CT molecular complexity index is 2100. The van der Waals surface area contributed by atoms with Gasteiger partial charge >= 0.3 is 5.91 Å². The van der Waals surface area contributed by atoms with Crippen LogP contribution in [0.2, 0.25) is 5.02 Å². The predicted octanol–water partition coefficient (Wildman–Crippen LogP) is 9.87. The highest BCUT2D eigenvalue weighted by Crippen LogP contribution is 2.41. The van der Waals surface area contributed by atoms with Crippen LogP contribution in [-0.2, 0) is 6.67 Å². The summed E-state index contributed by atoms with van der Waals surface area (Å²) in [5.74, 6) is -0.658.